The maximum absolute atomic E-state index is 12.7. The van der Waals surface area contributed by atoms with Crippen LogP contribution >= 0.6 is 11.6 Å². The largest absolute Gasteiger partial charge is 0.338 e. The van der Waals surface area contributed by atoms with E-state index in [1.165, 1.54) is 0 Å². The molecule has 7 heteroatoms. The molecule has 1 aromatic carbocycles. The Hall–Kier alpha value is -1.92. The van der Waals surface area contributed by atoms with Crippen LogP contribution in [0.1, 0.15) is 27.6 Å². The van der Waals surface area contributed by atoms with Crippen molar-refractivity contribution >= 4 is 27.3 Å². The van der Waals surface area contributed by atoms with E-state index in [4.69, 9.17) is 11.6 Å². The van der Waals surface area contributed by atoms with Crippen LogP contribution in [0.15, 0.2) is 48.8 Å². The fourth-order valence-electron chi connectivity index (χ4n) is 2.91. The molecule has 1 saturated heterocycles. The van der Waals surface area contributed by atoms with Gasteiger partial charge in [0.05, 0.1) is 11.0 Å². The second kappa shape index (κ2) is 6.91. The molecule has 0 spiro atoms. The molecule has 0 radical (unpaired) electrons. The number of pyridine rings is 1. The Labute approximate surface area is 146 Å². The Kier molecular flexibility index (Phi) is 4.87. The third-order valence-corrected chi connectivity index (χ3v) is 6.66. The van der Waals surface area contributed by atoms with E-state index in [9.17, 15) is 13.2 Å². The van der Waals surface area contributed by atoms with E-state index >= 15 is 0 Å². The van der Waals surface area contributed by atoms with Gasteiger partial charge in [0.15, 0.2) is 9.84 Å². The maximum Gasteiger partial charge on any atom is 0.253 e. The zero-order chi connectivity index (χ0) is 17.2. The Morgan fingerprint density at radius 2 is 1.83 bits per heavy atom. The average Bonchev–Trinajstić information content (AvgIpc) is 2.74. The van der Waals surface area contributed by atoms with Crippen LogP contribution in [0.5, 0.6) is 0 Å². The molecule has 0 bridgehead atoms. The van der Waals surface area contributed by atoms with Crippen LogP contribution in [0.2, 0.25) is 5.02 Å². The molecule has 1 aliphatic heterocycles. The van der Waals surface area contributed by atoms with Crippen molar-refractivity contribution in [2.75, 3.05) is 18.8 Å². The minimum absolute atomic E-state index is 0.0697. The summed E-state index contributed by atoms with van der Waals surface area (Å²) in [6.07, 6.45) is 3.44. The van der Waals surface area contributed by atoms with E-state index in [1.54, 1.807) is 53.7 Å². The molecule has 2 heterocycles. The third-order valence-electron chi connectivity index (χ3n) is 4.21. The average molecular weight is 365 g/mol. The van der Waals surface area contributed by atoms with Gasteiger partial charge >= 0.3 is 0 Å². The van der Waals surface area contributed by atoms with Gasteiger partial charge in [-0.2, -0.15) is 0 Å². The SMILES string of the molecule is O=C(c1ccncc1)N1CCC(c2ccccc2Cl)S(=O)(=O)CC1. The van der Waals surface area contributed by atoms with Crippen molar-refractivity contribution in [3.63, 3.8) is 0 Å². The van der Waals surface area contributed by atoms with Crippen molar-refractivity contribution in [1.29, 1.82) is 0 Å². The number of amides is 1. The van der Waals surface area contributed by atoms with Crippen molar-refractivity contribution in [3.8, 4) is 0 Å². The van der Waals surface area contributed by atoms with Crippen molar-refractivity contribution < 1.29 is 13.2 Å². The van der Waals surface area contributed by atoms with Gasteiger partial charge in [0.1, 0.15) is 0 Å². The number of hydrogen-bond donors (Lipinski definition) is 0. The third kappa shape index (κ3) is 3.44. The zero-order valence-corrected chi connectivity index (χ0v) is 14.5. The lowest BCUT2D eigenvalue weighted by Crippen LogP contribution is -2.33. The lowest BCUT2D eigenvalue weighted by atomic mass is 10.1. The molecule has 1 atom stereocenters. The molecule has 0 N–H and O–H groups in total. The first-order valence-electron chi connectivity index (χ1n) is 7.64. The molecule has 2 aromatic rings. The molecule has 1 amide bonds. The molecule has 0 saturated carbocycles. The van der Waals surface area contributed by atoms with Crippen molar-refractivity contribution in [2.24, 2.45) is 0 Å². The van der Waals surface area contributed by atoms with Crippen LogP contribution in [0.3, 0.4) is 0 Å². The van der Waals surface area contributed by atoms with Gasteiger partial charge in [-0.05, 0) is 30.2 Å². The zero-order valence-electron chi connectivity index (χ0n) is 12.9. The smallest absolute Gasteiger partial charge is 0.253 e. The topological polar surface area (TPSA) is 67.3 Å². The Bertz CT molecular complexity index is 840. The van der Waals surface area contributed by atoms with E-state index in [-0.39, 0.29) is 18.2 Å². The van der Waals surface area contributed by atoms with E-state index in [0.29, 0.717) is 29.1 Å². The second-order valence-electron chi connectivity index (χ2n) is 5.69. The molecule has 1 aliphatic rings. The number of halogens is 1. The van der Waals surface area contributed by atoms with Gasteiger partial charge in [-0.15, -0.1) is 0 Å². The fourth-order valence-corrected chi connectivity index (χ4v) is 5.06. The molecule has 3 rings (SSSR count). The molecule has 1 unspecified atom stereocenters. The summed E-state index contributed by atoms with van der Waals surface area (Å²) in [6.45, 7) is 0.556. The highest BCUT2D eigenvalue weighted by molar-refractivity contribution is 7.91. The summed E-state index contributed by atoms with van der Waals surface area (Å²) in [5.41, 5.74) is 1.12. The van der Waals surface area contributed by atoms with Crippen LogP contribution in [0.25, 0.3) is 0 Å². The first-order chi connectivity index (χ1) is 11.5. The quantitative estimate of drug-likeness (QED) is 0.821. The predicted molar refractivity (Wildman–Crippen MR) is 92.7 cm³/mol. The molecule has 0 aliphatic carbocycles. The number of sulfone groups is 1. The maximum atomic E-state index is 12.7. The molecule has 24 heavy (non-hydrogen) atoms. The monoisotopic (exact) mass is 364 g/mol. The van der Waals surface area contributed by atoms with Gasteiger partial charge in [0, 0.05) is 36.1 Å². The van der Waals surface area contributed by atoms with Gasteiger partial charge in [-0.3, -0.25) is 9.78 Å². The first-order valence-corrected chi connectivity index (χ1v) is 9.73. The van der Waals surface area contributed by atoms with Crippen LogP contribution in [0.4, 0.5) is 0 Å². The minimum Gasteiger partial charge on any atom is -0.338 e. The standard InChI is InChI=1S/C17H17ClN2O3S/c18-15-4-2-1-3-14(15)16-7-10-20(11-12-24(16,22)23)17(21)13-5-8-19-9-6-13/h1-6,8-9,16H,7,10-12H2. The van der Waals surface area contributed by atoms with Crippen molar-refractivity contribution in [3.05, 3.63) is 64.9 Å². The van der Waals surface area contributed by atoms with Gasteiger partial charge in [0.25, 0.3) is 5.91 Å². The number of nitrogens with zero attached hydrogens (tertiary/aromatic N) is 2. The predicted octanol–water partition coefficient (Wildman–Crippen LogP) is 2.74. The van der Waals surface area contributed by atoms with Crippen LogP contribution < -0.4 is 0 Å². The van der Waals surface area contributed by atoms with E-state index in [1.807, 2.05) is 0 Å². The summed E-state index contributed by atoms with van der Waals surface area (Å²) in [7, 11) is -3.37. The van der Waals surface area contributed by atoms with Gasteiger partial charge in [-0.25, -0.2) is 8.42 Å². The van der Waals surface area contributed by atoms with E-state index in [2.05, 4.69) is 4.98 Å². The molecular weight excluding hydrogens is 348 g/mol. The molecular formula is C17H17ClN2O3S. The number of hydrogen-bond acceptors (Lipinski definition) is 4. The highest BCUT2D eigenvalue weighted by Crippen LogP contribution is 2.34. The van der Waals surface area contributed by atoms with Crippen LogP contribution in [0, 0.1) is 0 Å². The molecule has 1 fully saturated rings. The molecule has 1 aromatic heterocycles. The van der Waals surface area contributed by atoms with Crippen molar-refractivity contribution in [2.45, 2.75) is 11.7 Å². The Morgan fingerprint density at radius 3 is 2.54 bits per heavy atom. The molecule has 126 valence electrons. The van der Waals surface area contributed by atoms with E-state index in [0.717, 1.165) is 0 Å². The van der Waals surface area contributed by atoms with Crippen LogP contribution in [-0.2, 0) is 9.84 Å². The number of aromatic nitrogens is 1. The second-order valence-corrected chi connectivity index (χ2v) is 8.40. The van der Waals surface area contributed by atoms with Gasteiger partial charge < -0.3 is 4.90 Å². The summed E-state index contributed by atoms with van der Waals surface area (Å²) >= 11 is 6.18. The number of carbonyl (C=O) groups excluding carboxylic acids is 1. The number of rotatable bonds is 2. The Morgan fingerprint density at radius 1 is 1.12 bits per heavy atom. The number of benzene rings is 1. The summed E-state index contributed by atoms with van der Waals surface area (Å²) in [4.78, 5) is 18.0. The van der Waals surface area contributed by atoms with Crippen molar-refractivity contribution in [1.82, 2.24) is 9.88 Å². The summed E-state index contributed by atoms with van der Waals surface area (Å²) in [5.74, 6) is -0.243. The highest BCUT2D eigenvalue weighted by Gasteiger charge is 2.33. The highest BCUT2D eigenvalue weighted by atomic mass is 35.5. The number of carbonyl (C=O) groups is 1. The minimum atomic E-state index is -3.37. The summed E-state index contributed by atoms with van der Waals surface area (Å²) < 4.78 is 25.3. The Balaban J connectivity index is 1.85. The fraction of sp³-hybridized carbons (Fsp3) is 0.294. The van der Waals surface area contributed by atoms with Gasteiger partial charge in [-0.1, -0.05) is 29.8 Å². The van der Waals surface area contributed by atoms with E-state index < -0.39 is 15.1 Å². The normalized spacial score (nSPS) is 20.4. The summed E-state index contributed by atoms with van der Waals surface area (Å²) in [5, 5.41) is -0.235. The van der Waals surface area contributed by atoms with Crippen LogP contribution in [-0.4, -0.2) is 43.1 Å². The first kappa shape index (κ1) is 16.9. The summed E-state index contributed by atoms with van der Waals surface area (Å²) in [6, 6.07) is 10.2. The van der Waals surface area contributed by atoms with Gasteiger partial charge in [0.2, 0.25) is 0 Å². The lowest BCUT2D eigenvalue weighted by molar-refractivity contribution is 0.0766. The molecule has 5 nitrogen and oxygen atoms in total. The lowest BCUT2D eigenvalue weighted by Gasteiger charge is -2.20.